The molecule has 0 saturated carbocycles. The van der Waals surface area contributed by atoms with E-state index in [0.29, 0.717) is 18.7 Å². The van der Waals surface area contributed by atoms with Gasteiger partial charge in [0.05, 0.1) is 11.5 Å². The van der Waals surface area contributed by atoms with Crippen molar-refractivity contribution in [3.05, 3.63) is 71.9 Å². The van der Waals surface area contributed by atoms with E-state index < -0.39 is 9.84 Å². The highest BCUT2D eigenvalue weighted by Gasteiger charge is 2.36. The van der Waals surface area contributed by atoms with Crippen molar-refractivity contribution in [2.24, 2.45) is 0 Å². The number of benzene rings is 2. The van der Waals surface area contributed by atoms with E-state index in [1.807, 2.05) is 73.6 Å². The molecule has 0 spiro atoms. The molecule has 0 aliphatic carbocycles. The van der Waals surface area contributed by atoms with Crippen LogP contribution in [0, 0.1) is 0 Å². The molecule has 0 bridgehead atoms. The van der Waals surface area contributed by atoms with Crippen molar-refractivity contribution < 1.29 is 17.7 Å². The number of carbonyl (C=O) groups excluding carboxylic acids is 1. The number of hydrogen-bond acceptors (Lipinski definition) is 6. The summed E-state index contributed by atoms with van der Waals surface area (Å²) in [5.74, 6) is 0.232. The number of rotatable bonds is 6. The number of anilines is 1. The molecule has 1 aromatic heterocycles. The Hall–Kier alpha value is -3.13. The van der Waals surface area contributed by atoms with Gasteiger partial charge in [0.15, 0.2) is 21.3 Å². The molecule has 1 aliphatic heterocycles. The van der Waals surface area contributed by atoms with Crippen molar-refractivity contribution in [3.8, 4) is 11.3 Å². The molecule has 31 heavy (non-hydrogen) atoms. The van der Waals surface area contributed by atoms with E-state index >= 15 is 0 Å². The van der Waals surface area contributed by atoms with Gasteiger partial charge < -0.3 is 14.3 Å². The Labute approximate surface area is 182 Å². The van der Waals surface area contributed by atoms with Crippen LogP contribution < -0.4 is 4.90 Å². The molecule has 8 heteroatoms. The zero-order chi connectivity index (χ0) is 22.0. The molecule has 1 atom stereocenters. The van der Waals surface area contributed by atoms with E-state index in [1.165, 1.54) is 0 Å². The smallest absolute Gasteiger partial charge is 0.276 e. The summed E-state index contributed by atoms with van der Waals surface area (Å²) in [5.41, 5.74) is 2.97. The average molecular weight is 440 g/mol. The van der Waals surface area contributed by atoms with E-state index in [0.717, 1.165) is 16.8 Å². The molecule has 2 aromatic carbocycles. The van der Waals surface area contributed by atoms with E-state index in [2.05, 4.69) is 5.16 Å². The van der Waals surface area contributed by atoms with Crippen molar-refractivity contribution in [2.45, 2.75) is 19.0 Å². The molecule has 2 heterocycles. The van der Waals surface area contributed by atoms with Gasteiger partial charge in [-0.3, -0.25) is 4.79 Å². The third kappa shape index (κ3) is 4.80. The van der Waals surface area contributed by atoms with Crippen molar-refractivity contribution >= 4 is 21.4 Å². The molecule has 0 N–H and O–H groups in total. The summed E-state index contributed by atoms with van der Waals surface area (Å²) < 4.78 is 29.6. The summed E-state index contributed by atoms with van der Waals surface area (Å²) in [6.45, 7) is 0.306. The van der Waals surface area contributed by atoms with Crippen LogP contribution in [0.5, 0.6) is 0 Å². The summed E-state index contributed by atoms with van der Waals surface area (Å²) in [6, 6.07) is 18.5. The van der Waals surface area contributed by atoms with Gasteiger partial charge in [0.25, 0.3) is 5.91 Å². The Bertz CT molecular complexity index is 1160. The van der Waals surface area contributed by atoms with Crippen molar-refractivity contribution in [3.63, 3.8) is 0 Å². The van der Waals surface area contributed by atoms with Gasteiger partial charge in [0, 0.05) is 44.0 Å². The molecule has 1 aliphatic rings. The van der Waals surface area contributed by atoms with Crippen LogP contribution in [-0.2, 0) is 16.4 Å². The van der Waals surface area contributed by atoms with Crippen LogP contribution in [0.1, 0.15) is 22.5 Å². The minimum atomic E-state index is -3.15. The van der Waals surface area contributed by atoms with Gasteiger partial charge in [0.2, 0.25) is 0 Å². The second kappa shape index (κ2) is 8.55. The van der Waals surface area contributed by atoms with E-state index in [9.17, 15) is 13.2 Å². The monoisotopic (exact) mass is 439 g/mol. The SMILES string of the molecule is CN(C)c1ccc(CN(C(=O)c2cc(-c3ccccc3)on2)C2CCS(=O)(=O)C2)cc1. The quantitative estimate of drug-likeness (QED) is 0.586. The van der Waals surface area contributed by atoms with Crippen LogP contribution in [0.2, 0.25) is 0 Å². The predicted octanol–water partition coefficient (Wildman–Crippen LogP) is 3.24. The minimum absolute atomic E-state index is 0.0298. The first-order valence-electron chi connectivity index (χ1n) is 10.1. The second-order valence-corrected chi connectivity index (χ2v) is 10.2. The highest BCUT2D eigenvalue weighted by molar-refractivity contribution is 7.91. The lowest BCUT2D eigenvalue weighted by Gasteiger charge is -2.27. The molecule has 1 fully saturated rings. The van der Waals surface area contributed by atoms with Crippen LogP contribution in [0.4, 0.5) is 5.69 Å². The van der Waals surface area contributed by atoms with E-state index in [-0.39, 0.29) is 29.1 Å². The molecular weight excluding hydrogens is 414 g/mol. The number of amides is 1. The lowest BCUT2D eigenvalue weighted by molar-refractivity contribution is 0.0670. The van der Waals surface area contributed by atoms with Gasteiger partial charge in [-0.2, -0.15) is 0 Å². The third-order valence-corrected chi connectivity index (χ3v) is 7.25. The van der Waals surface area contributed by atoms with Gasteiger partial charge in [0.1, 0.15) is 0 Å². The molecule has 1 saturated heterocycles. The van der Waals surface area contributed by atoms with Crippen LogP contribution in [0.25, 0.3) is 11.3 Å². The molecule has 162 valence electrons. The van der Waals surface area contributed by atoms with Crippen molar-refractivity contribution in [1.29, 1.82) is 0 Å². The Balaban J connectivity index is 1.61. The zero-order valence-corrected chi connectivity index (χ0v) is 18.4. The first kappa shape index (κ1) is 21.1. The van der Waals surface area contributed by atoms with Gasteiger partial charge in [-0.25, -0.2) is 8.42 Å². The molecule has 4 rings (SSSR count). The average Bonchev–Trinajstić information content (AvgIpc) is 3.39. The topological polar surface area (TPSA) is 83.7 Å². The van der Waals surface area contributed by atoms with Gasteiger partial charge in [-0.05, 0) is 24.1 Å². The number of carbonyl (C=O) groups is 1. The zero-order valence-electron chi connectivity index (χ0n) is 17.6. The van der Waals surface area contributed by atoms with Crippen molar-refractivity contribution in [2.75, 3.05) is 30.5 Å². The summed E-state index contributed by atoms with van der Waals surface area (Å²) in [7, 11) is 0.774. The Kier molecular flexibility index (Phi) is 5.82. The highest BCUT2D eigenvalue weighted by atomic mass is 32.2. The van der Waals surface area contributed by atoms with E-state index in [1.54, 1.807) is 11.0 Å². The van der Waals surface area contributed by atoms with Gasteiger partial charge >= 0.3 is 0 Å². The van der Waals surface area contributed by atoms with Gasteiger partial charge in [-0.1, -0.05) is 47.6 Å². The minimum Gasteiger partial charge on any atom is -0.378 e. The summed E-state index contributed by atoms with van der Waals surface area (Å²) in [5, 5.41) is 3.98. The molecule has 1 amide bonds. The van der Waals surface area contributed by atoms with Crippen LogP contribution in [0.15, 0.2) is 65.2 Å². The van der Waals surface area contributed by atoms with Crippen LogP contribution >= 0.6 is 0 Å². The Morgan fingerprint density at radius 2 is 1.81 bits per heavy atom. The predicted molar refractivity (Wildman–Crippen MR) is 120 cm³/mol. The normalized spacial score (nSPS) is 17.4. The lowest BCUT2D eigenvalue weighted by Crippen LogP contribution is -2.40. The molecule has 0 radical (unpaired) electrons. The largest absolute Gasteiger partial charge is 0.378 e. The summed E-state index contributed by atoms with van der Waals surface area (Å²) >= 11 is 0. The van der Waals surface area contributed by atoms with Crippen LogP contribution in [0.3, 0.4) is 0 Å². The molecular formula is C23H25N3O4S. The summed E-state index contributed by atoms with van der Waals surface area (Å²) in [6.07, 6.45) is 0.424. The summed E-state index contributed by atoms with van der Waals surface area (Å²) in [4.78, 5) is 17.0. The fourth-order valence-electron chi connectivity index (χ4n) is 3.75. The Morgan fingerprint density at radius 1 is 1.10 bits per heavy atom. The standard InChI is InChI=1S/C23H25N3O4S/c1-25(2)19-10-8-17(9-11-19)15-26(20-12-13-31(28,29)16-20)23(27)21-14-22(30-24-21)18-6-4-3-5-7-18/h3-11,14,20H,12-13,15-16H2,1-2H3. The lowest BCUT2D eigenvalue weighted by atomic mass is 10.1. The van der Waals surface area contributed by atoms with Crippen LogP contribution in [-0.4, -0.2) is 56.0 Å². The fourth-order valence-corrected chi connectivity index (χ4v) is 5.48. The second-order valence-electron chi connectivity index (χ2n) is 7.99. The fraction of sp³-hybridized carbons (Fsp3) is 0.304. The maximum absolute atomic E-state index is 13.4. The number of hydrogen-bond donors (Lipinski definition) is 0. The maximum atomic E-state index is 13.4. The number of aromatic nitrogens is 1. The third-order valence-electron chi connectivity index (χ3n) is 5.50. The number of sulfone groups is 1. The molecule has 3 aromatic rings. The van der Waals surface area contributed by atoms with E-state index in [4.69, 9.17) is 4.52 Å². The maximum Gasteiger partial charge on any atom is 0.276 e. The molecule has 7 nitrogen and oxygen atoms in total. The first-order chi connectivity index (χ1) is 14.8. The Morgan fingerprint density at radius 3 is 2.42 bits per heavy atom. The first-order valence-corrected chi connectivity index (χ1v) is 11.9. The van der Waals surface area contributed by atoms with Gasteiger partial charge in [-0.15, -0.1) is 0 Å². The highest BCUT2D eigenvalue weighted by Crippen LogP contribution is 2.25. The van der Waals surface area contributed by atoms with Crippen molar-refractivity contribution in [1.82, 2.24) is 10.1 Å². The molecule has 1 unspecified atom stereocenters. The number of nitrogens with zero attached hydrogens (tertiary/aromatic N) is 3.